The first-order valence-corrected chi connectivity index (χ1v) is 7.47. The molecule has 0 heterocycles. The van der Waals surface area contributed by atoms with Crippen molar-refractivity contribution >= 4 is 0 Å². The maximum atomic E-state index is 9.77. The summed E-state index contributed by atoms with van der Waals surface area (Å²) in [5.74, 6) is 14.7. The van der Waals surface area contributed by atoms with E-state index in [4.69, 9.17) is 6.42 Å². The lowest BCUT2D eigenvalue weighted by molar-refractivity contribution is 0.219. The zero-order valence-electron chi connectivity index (χ0n) is 12.4. The molecule has 1 atom stereocenters. The molecule has 1 rings (SSSR count). The highest BCUT2D eigenvalue weighted by molar-refractivity contribution is 5.34. The lowest BCUT2D eigenvalue weighted by Gasteiger charge is -1.99. The van der Waals surface area contributed by atoms with Crippen molar-refractivity contribution in [3.05, 3.63) is 35.9 Å². The highest BCUT2D eigenvalue weighted by Gasteiger charge is 1.97. The van der Waals surface area contributed by atoms with Crippen LogP contribution >= 0.6 is 0 Å². The third-order valence-electron chi connectivity index (χ3n) is 2.93. The van der Waals surface area contributed by atoms with Crippen LogP contribution in [-0.4, -0.2) is 11.2 Å². The summed E-state index contributed by atoms with van der Waals surface area (Å²) in [7, 11) is 0. The average molecular weight is 278 g/mol. The molecule has 0 aromatic heterocycles. The molecule has 0 amide bonds. The molecule has 0 saturated heterocycles. The number of benzene rings is 1. The van der Waals surface area contributed by atoms with Crippen LogP contribution in [0.5, 0.6) is 0 Å². The largest absolute Gasteiger partial charge is 0.380 e. The summed E-state index contributed by atoms with van der Waals surface area (Å²) >= 11 is 0. The third kappa shape index (κ3) is 9.40. The summed E-state index contributed by atoms with van der Waals surface area (Å²) in [5, 5.41) is 9.77. The van der Waals surface area contributed by atoms with Crippen LogP contribution in [0.3, 0.4) is 0 Å². The van der Waals surface area contributed by atoms with Crippen LogP contribution in [-0.2, 0) is 0 Å². The number of terminal acetylenes is 1. The minimum absolute atomic E-state index is 0.567. The molecular formula is C20H22O. The van der Waals surface area contributed by atoms with Gasteiger partial charge in [-0.3, -0.25) is 0 Å². The van der Waals surface area contributed by atoms with Crippen molar-refractivity contribution in [2.24, 2.45) is 0 Å². The van der Waals surface area contributed by atoms with Crippen LogP contribution in [0.1, 0.15) is 50.5 Å². The Kier molecular flexibility index (Phi) is 9.40. The SMILES string of the molecule is C#CCCCCC#CCCCC(O)C#Cc1ccccc1. The van der Waals surface area contributed by atoms with Crippen molar-refractivity contribution in [2.45, 2.75) is 51.0 Å². The summed E-state index contributed by atoms with van der Waals surface area (Å²) in [4.78, 5) is 0. The first kappa shape index (κ1) is 16.9. The van der Waals surface area contributed by atoms with Crippen molar-refractivity contribution in [1.82, 2.24) is 0 Å². The molecule has 1 N–H and O–H groups in total. The second-order valence-electron chi connectivity index (χ2n) is 4.81. The molecular weight excluding hydrogens is 256 g/mol. The van der Waals surface area contributed by atoms with E-state index in [9.17, 15) is 5.11 Å². The van der Waals surface area contributed by atoms with Gasteiger partial charge < -0.3 is 5.11 Å². The topological polar surface area (TPSA) is 20.2 Å². The van der Waals surface area contributed by atoms with Crippen LogP contribution in [0.25, 0.3) is 0 Å². The van der Waals surface area contributed by atoms with E-state index < -0.39 is 6.10 Å². The second kappa shape index (κ2) is 11.7. The lowest BCUT2D eigenvalue weighted by Crippen LogP contribution is -2.01. The zero-order valence-corrected chi connectivity index (χ0v) is 12.4. The van der Waals surface area contributed by atoms with Gasteiger partial charge in [0.1, 0.15) is 6.10 Å². The van der Waals surface area contributed by atoms with Gasteiger partial charge >= 0.3 is 0 Å². The van der Waals surface area contributed by atoms with Gasteiger partial charge in [-0.15, -0.1) is 24.2 Å². The minimum Gasteiger partial charge on any atom is -0.380 e. The first-order valence-electron chi connectivity index (χ1n) is 7.47. The molecule has 108 valence electrons. The fourth-order valence-corrected chi connectivity index (χ4v) is 1.76. The van der Waals surface area contributed by atoms with Crippen molar-refractivity contribution in [2.75, 3.05) is 0 Å². The van der Waals surface area contributed by atoms with E-state index in [1.807, 2.05) is 30.3 Å². The van der Waals surface area contributed by atoms with Crippen molar-refractivity contribution < 1.29 is 5.11 Å². The van der Waals surface area contributed by atoms with Crippen LogP contribution in [0.15, 0.2) is 30.3 Å². The first-order chi connectivity index (χ1) is 10.3. The summed E-state index contributed by atoms with van der Waals surface area (Å²) < 4.78 is 0. The number of aliphatic hydroxyl groups is 1. The van der Waals surface area contributed by atoms with Crippen LogP contribution in [0.4, 0.5) is 0 Å². The molecule has 1 nitrogen and oxygen atoms in total. The molecule has 0 spiro atoms. The number of rotatable bonds is 6. The van der Waals surface area contributed by atoms with Gasteiger partial charge in [0.15, 0.2) is 0 Å². The Morgan fingerprint density at radius 1 is 0.952 bits per heavy atom. The predicted molar refractivity (Wildman–Crippen MR) is 88.3 cm³/mol. The van der Waals surface area contributed by atoms with Gasteiger partial charge in [-0.1, -0.05) is 30.0 Å². The molecule has 1 aromatic rings. The highest BCUT2D eigenvalue weighted by atomic mass is 16.3. The maximum Gasteiger partial charge on any atom is 0.115 e. The molecule has 0 bridgehead atoms. The van der Waals surface area contributed by atoms with Gasteiger partial charge in [-0.05, 0) is 37.8 Å². The van der Waals surface area contributed by atoms with Crippen LogP contribution in [0, 0.1) is 36.0 Å². The summed E-state index contributed by atoms with van der Waals surface area (Å²) in [5.41, 5.74) is 0.934. The standard InChI is InChI=1S/C20H22O/c1-2-3-4-5-6-7-8-9-13-16-20(21)18-17-19-14-11-10-12-15-19/h1,10-12,14-15,20-21H,3-6,9,13,16H2. The number of aliphatic hydroxyl groups excluding tert-OH is 1. The van der Waals surface area contributed by atoms with E-state index in [1.165, 1.54) is 0 Å². The van der Waals surface area contributed by atoms with E-state index in [-0.39, 0.29) is 0 Å². The molecule has 0 aliphatic heterocycles. The Bertz CT molecular complexity index is 543. The normalized spacial score (nSPS) is 10.5. The maximum absolute atomic E-state index is 9.77. The van der Waals surface area contributed by atoms with Crippen molar-refractivity contribution in [3.63, 3.8) is 0 Å². The molecule has 0 aliphatic carbocycles. The number of hydrogen-bond donors (Lipinski definition) is 1. The lowest BCUT2D eigenvalue weighted by atomic mass is 10.1. The van der Waals surface area contributed by atoms with Gasteiger partial charge in [0.2, 0.25) is 0 Å². The van der Waals surface area contributed by atoms with Gasteiger partial charge in [0.25, 0.3) is 0 Å². The summed E-state index contributed by atoms with van der Waals surface area (Å²) in [6, 6.07) is 9.70. The van der Waals surface area contributed by atoms with E-state index in [1.54, 1.807) is 0 Å². The monoisotopic (exact) mass is 278 g/mol. The molecule has 1 heteroatoms. The predicted octanol–water partition coefficient (Wildman–Crippen LogP) is 3.77. The van der Waals surface area contributed by atoms with Gasteiger partial charge in [0, 0.05) is 24.8 Å². The molecule has 1 unspecified atom stereocenters. The average Bonchev–Trinajstić information content (AvgIpc) is 2.52. The Hall–Kier alpha value is -2.14. The van der Waals surface area contributed by atoms with E-state index in [0.29, 0.717) is 6.42 Å². The van der Waals surface area contributed by atoms with Gasteiger partial charge in [-0.2, -0.15) is 0 Å². The Morgan fingerprint density at radius 3 is 2.33 bits per heavy atom. The van der Waals surface area contributed by atoms with Gasteiger partial charge in [-0.25, -0.2) is 0 Å². The molecule has 21 heavy (non-hydrogen) atoms. The van der Waals surface area contributed by atoms with Crippen molar-refractivity contribution in [3.8, 4) is 36.0 Å². The number of hydrogen-bond acceptors (Lipinski definition) is 1. The number of unbranched alkanes of at least 4 members (excludes halogenated alkanes) is 4. The fourth-order valence-electron chi connectivity index (χ4n) is 1.76. The summed E-state index contributed by atoms with van der Waals surface area (Å²) in [6.45, 7) is 0. The van der Waals surface area contributed by atoms with E-state index >= 15 is 0 Å². The Balaban J connectivity index is 2.12. The summed E-state index contributed by atoms with van der Waals surface area (Å²) in [6.07, 6.45) is 10.9. The second-order valence-corrected chi connectivity index (χ2v) is 4.81. The molecule has 0 aliphatic rings. The quantitative estimate of drug-likeness (QED) is 0.620. The fraction of sp³-hybridized carbons (Fsp3) is 0.400. The van der Waals surface area contributed by atoms with Crippen LogP contribution in [0.2, 0.25) is 0 Å². The molecule has 0 fully saturated rings. The van der Waals surface area contributed by atoms with Crippen molar-refractivity contribution in [1.29, 1.82) is 0 Å². The minimum atomic E-state index is -0.567. The zero-order chi connectivity index (χ0) is 15.2. The highest BCUT2D eigenvalue weighted by Crippen LogP contribution is 2.02. The Labute approximate surface area is 128 Å². The van der Waals surface area contributed by atoms with E-state index in [0.717, 1.165) is 44.1 Å². The third-order valence-corrected chi connectivity index (χ3v) is 2.93. The molecule has 0 radical (unpaired) electrons. The van der Waals surface area contributed by atoms with Crippen LogP contribution < -0.4 is 0 Å². The Morgan fingerprint density at radius 2 is 1.62 bits per heavy atom. The molecule has 0 saturated carbocycles. The molecule has 1 aromatic carbocycles. The van der Waals surface area contributed by atoms with E-state index in [2.05, 4.69) is 29.6 Å². The van der Waals surface area contributed by atoms with Gasteiger partial charge in [0.05, 0.1) is 0 Å². The smallest absolute Gasteiger partial charge is 0.115 e.